The van der Waals surface area contributed by atoms with Crippen molar-refractivity contribution in [1.82, 2.24) is 10.2 Å². The third kappa shape index (κ3) is 5.24. The number of amides is 2. The third-order valence-corrected chi connectivity index (χ3v) is 7.61. The molecule has 7 N–H and O–H groups in total. The first-order valence-corrected chi connectivity index (χ1v) is 11.8. The summed E-state index contributed by atoms with van der Waals surface area (Å²) in [5.74, 6) is -0.406. The molecule has 154 valence electrons. The zero-order chi connectivity index (χ0) is 20.2. The number of fused-ring (bicyclic) bond motifs is 1. The van der Waals surface area contributed by atoms with Crippen LogP contribution in [-0.2, 0) is 31.6 Å². The van der Waals surface area contributed by atoms with Gasteiger partial charge in [0.25, 0.3) is 0 Å². The number of hydrogen-bond acceptors (Lipinski definition) is 9. The van der Waals surface area contributed by atoms with Crippen molar-refractivity contribution in [1.29, 1.82) is 0 Å². The summed E-state index contributed by atoms with van der Waals surface area (Å²) in [6.45, 7) is 0. The van der Waals surface area contributed by atoms with E-state index in [-0.39, 0.29) is 6.42 Å². The SMILES string of the molecule is NC1C=CN([C@H]2CC3C(OP(=O)(O)OP(=O)(O)OP(=O)(O)O)[C@H]3O2)C(=O)N1. The lowest BCUT2D eigenvalue weighted by atomic mass is 10.2. The number of phosphoric acid groups is 3. The molecule has 0 aromatic rings. The molecule has 1 saturated carbocycles. The van der Waals surface area contributed by atoms with Crippen LogP contribution in [0, 0.1) is 5.92 Å². The fraction of sp³-hybridized carbons (Fsp3) is 0.667. The molecule has 27 heavy (non-hydrogen) atoms. The minimum absolute atomic E-state index is 0.234. The van der Waals surface area contributed by atoms with Gasteiger partial charge in [-0.15, -0.1) is 0 Å². The molecular formula is C9H16N3O12P3. The van der Waals surface area contributed by atoms with Gasteiger partial charge in [0.1, 0.15) is 12.3 Å². The van der Waals surface area contributed by atoms with Crippen LogP contribution in [0.5, 0.6) is 0 Å². The number of carbonyl (C=O) groups is 1. The van der Waals surface area contributed by atoms with E-state index in [4.69, 9.17) is 25.2 Å². The standard InChI is InChI=1S/C9H16N3O12P3/c10-5-1-2-12(9(13)11-5)6-3-4-7(21-6)8(4)22-26(17,18)24-27(19,20)23-25(14,15)16/h1-2,4-8H,3,10H2,(H,11,13)(H,17,18)(H,19,20)(H2,14,15,16)/t4?,5?,6-,7+,8?/m1/s1. The van der Waals surface area contributed by atoms with Crippen molar-refractivity contribution >= 4 is 29.5 Å². The number of nitrogens with one attached hydrogen (secondary N) is 1. The molecule has 0 aromatic heterocycles. The number of rotatable bonds is 7. The first-order valence-electron chi connectivity index (χ1n) is 7.27. The summed E-state index contributed by atoms with van der Waals surface area (Å²) in [5.41, 5.74) is 5.52. The highest BCUT2D eigenvalue weighted by molar-refractivity contribution is 7.66. The van der Waals surface area contributed by atoms with Gasteiger partial charge < -0.3 is 35.4 Å². The average molecular weight is 451 g/mol. The summed E-state index contributed by atoms with van der Waals surface area (Å²) in [5, 5.41) is 2.46. The van der Waals surface area contributed by atoms with E-state index < -0.39 is 60.0 Å². The fourth-order valence-corrected chi connectivity index (χ4v) is 5.99. The van der Waals surface area contributed by atoms with Crippen molar-refractivity contribution in [3.05, 3.63) is 12.3 Å². The number of urea groups is 1. The molecular weight excluding hydrogens is 435 g/mol. The van der Waals surface area contributed by atoms with Crippen molar-refractivity contribution in [3.63, 3.8) is 0 Å². The van der Waals surface area contributed by atoms with Crippen molar-refractivity contribution < 1.29 is 55.9 Å². The molecule has 1 saturated heterocycles. The molecule has 15 nitrogen and oxygen atoms in total. The number of carbonyl (C=O) groups excluding carboxylic acids is 1. The maximum Gasteiger partial charge on any atom is 0.490 e. The number of hydrogen-bond donors (Lipinski definition) is 6. The molecule has 0 bridgehead atoms. The van der Waals surface area contributed by atoms with Crippen LogP contribution in [0.3, 0.4) is 0 Å². The molecule has 2 fully saturated rings. The Kier molecular flexibility index (Phi) is 5.45. The molecule has 2 amide bonds. The Morgan fingerprint density at radius 2 is 1.85 bits per heavy atom. The van der Waals surface area contributed by atoms with Gasteiger partial charge in [0.05, 0.1) is 12.3 Å². The van der Waals surface area contributed by atoms with E-state index in [9.17, 15) is 23.4 Å². The Hall–Kier alpha value is -0.660. The summed E-state index contributed by atoms with van der Waals surface area (Å²) >= 11 is 0. The Labute approximate surface area is 151 Å². The van der Waals surface area contributed by atoms with E-state index in [1.807, 2.05) is 0 Å². The van der Waals surface area contributed by atoms with Gasteiger partial charge in [0, 0.05) is 18.5 Å². The second kappa shape index (κ2) is 6.99. The van der Waals surface area contributed by atoms with E-state index in [2.05, 4.69) is 18.5 Å². The van der Waals surface area contributed by atoms with Crippen LogP contribution in [0.2, 0.25) is 0 Å². The molecule has 5 unspecified atom stereocenters. The summed E-state index contributed by atoms with van der Waals surface area (Å²) in [6, 6.07) is -0.485. The third-order valence-electron chi connectivity index (χ3n) is 3.77. The van der Waals surface area contributed by atoms with E-state index in [1.54, 1.807) is 0 Å². The molecule has 0 radical (unpaired) electrons. The monoisotopic (exact) mass is 451 g/mol. The number of nitrogens with two attached hydrogens (primary N) is 1. The van der Waals surface area contributed by atoms with E-state index in [0.717, 1.165) is 0 Å². The van der Waals surface area contributed by atoms with E-state index in [0.29, 0.717) is 0 Å². The normalized spacial score (nSPS) is 37.3. The Bertz CT molecular complexity index is 786. The Morgan fingerprint density at radius 3 is 2.37 bits per heavy atom. The molecule has 2 aliphatic heterocycles. The Balaban J connectivity index is 1.53. The highest BCUT2D eigenvalue weighted by Crippen LogP contribution is 2.68. The van der Waals surface area contributed by atoms with Crippen LogP contribution in [0.1, 0.15) is 6.42 Å². The maximum absolute atomic E-state index is 11.8. The van der Waals surface area contributed by atoms with Crippen LogP contribution >= 0.6 is 23.5 Å². The van der Waals surface area contributed by atoms with Gasteiger partial charge in [-0.2, -0.15) is 8.62 Å². The van der Waals surface area contributed by atoms with E-state index >= 15 is 0 Å². The lowest BCUT2D eigenvalue weighted by Gasteiger charge is -2.31. The molecule has 2 heterocycles. The molecule has 18 heteroatoms. The molecule has 3 rings (SSSR count). The lowest BCUT2D eigenvalue weighted by Crippen LogP contribution is -2.52. The van der Waals surface area contributed by atoms with Gasteiger partial charge in [-0.1, -0.05) is 0 Å². The van der Waals surface area contributed by atoms with Gasteiger partial charge in [0.15, 0.2) is 0 Å². The molecule has 1 aliphatic carbocycles. The minimum atomic E-state index is -5.57. The van der Waals surface area contributed by atoms with Crippen LogP contribution in [0.15, 0.2) is 12.3 Å². The van der Waals surface area contributed by atoms with Crippen LogP contribution < -0.4 is 11.1 Å². The lowest BCUT2D eigenvalue weighted by molar-refractivity contribution is -0.0270. The fourth-order valence-electron chi connectivity index (χ4n) is 2.74. The van der Waals surface area contributed by atoms with E-state index in [1.165, 1.54) is 17.2 Å². The molecule has 7 atom stereocenters. The zero-order valence-electron chi connectivity index (χ0n) is 13.2. The average Bonchev–Trinajstić information content (AvgIpc) is 2.88. The molecule has 0 spiro atoms. The number of phosphoric ester groups is 1. The highest BCUT2D eigenvalue weighted by Gasteiger charge is 2.63. The zero-order valence-corrected chi connectivity index (χ0v) is 15.9. The van der Waals surface area contributed by atoms with Gasteiger partial charge in [-0.3, -0.25) is 9.42 Å². The van der Waals surface area contributed by atoms with Crippen molar-refractivity contribution in [2.24, 2.45) is 11.7 Å². The predicted molar refractivity (Wildman–Crippen MR) is 83.0 cm³/mol. The summed E-state index contributed by atoms with van der Waals surface area (Å²) in [6.07, 6.45) is 0.252. The molecule has 0 aromatic carbocycles. The van der Waals surface area contributed by atoms with Crippen LogP contribution in [0.25, 0.3) is 0 Å². The quantitative estimate of drug-likeness (QED) is 0.263. The number of nitrogens with zero attached hydrogens (tertiary/aromatic N) is 1. The smallest absolute Gasteiger partial charge is 0.351 e. The van der Waals surface area contributed by atoms with Gasteiger partial charge >= 0.3 is 29.5 Å². The topological polar surface area (TPSA) is 227 Å². The second-order valence-corrected chi connectivity index (χ2v) is 10.2. The number of ether oxygens (including phenoxy) is 1. The Morgan fingerprint density at radius 1 is 1.19 bits per heavy atom. The summed E-state index contributed by atoms with van der Waals surface area (Å²) < 4.78 is 51.1. The first kappa shape index (κ1) is 21.1. The largest absolute Gasteiger partial charge is 0.490 e. The second-order valence-electron chi connectivity index (χ2n) is 5.84. The van der Waals surface area contributed by atoms with Crippen molar-refractivity contribution in [2.75, 3.05) is 0 Å². The van der Waals surface area contributed by atoms with Crippen molar-refractivity contribution in [2.45, 2.75) is 31.0 Å². The van der Waals surface area contributed by atoms with Crippen molar-refractivity contribution in [3.8, 4) is 0 Å². The maximum atomic E-state index is 11.8. The molecule has 3 aliphatic rings. The summed E-state index contributed by atoms with van der Waals surface area (Å²) in [4.78, 5) is 48.6. The first-order chi connectivity index (χ1) is 12.3. The highest BCUT2D eigenvalue weighted by atomic mass is 31.3. The van der Waals surface area contributed by atoms with Gasteiger partial charge in [-0.05, 0) is 6.08 Å². The van der Waals surface area contributed by atoms with Crippen LogP contribution in [-0.4, -0.2) is 55.1 Å². The minimum Gasteiger partial charge on any atom is -0.351 e. The van der Waals surface area contributed by atoms with Crippen LogP contribution in [0.4, 0.5) is 4.79 Å². The predicted octanol–water partition coefficient (Wildman–Crippen LogP) is -0.733. The van der Waals surface area contributed by atoms with Gasteiger partial charge in [0.2, 0.25) is 0 Å². The summed E-state index contributed by atoms with van der Waals surface area (Å²) in [7, 11) is -16.2. The van der Waals surface area contributed by atoms with Gasteiger partial charge in [-0.25, -0.2) is 18.5 Å².